The highest BCUT2D eigenvalue weighted by molar-refractivity contribution is 5.95. The molecule has 4 heteroatoms. The highest BCUT2D eigenvalue weighted by Gasteiger charge is 2.28. The summed E-state index contributed by atoms with van der Waals surface area (Å²) in [5.41, 5.74) is 3.41. The van der Waals surface area contributed by atoms with Gasteiger partial charge in [0.25, 0.3) is 0 Å². The number of likely N-dealkylation sites (N-methyl/N-ethyl adjacent to an activating group) is 1. The molecule has 1 aliphatic rings. The molecule has 20 heavy (non-hydrogen) atoms. The number of aryl methyl sites for hydroxylation is 2. The van der Waals surface area contributed by atoms with Crippen molar-refractivity contribution in [2.24, 2.45) is 0 Å². The molecule has 1 amide bonds. The number of morpholine rings is 1. The van der Waals surface area contributed by atoms with Crippen LogP contribution in [0.1, 0.15) is 25.0 Å². The fourth-order valence-electron chi connectivity index (χ4n) is 2.61. The van der Waals surface area contributed by atoms with E-state index in [9.17, 15) is 4.79 Å². The number of ether oxygens (including phenoxy) is 1. The molecule has 2 rings (SSSR count). The molecular formula is C16H24N2O2. The van der Waals surface area contributed by atoms with E-state index in [1.807, 2.05) is 6.07 Å². The van der Waals surface area contributed by atoms with Crippen molar-refractivity contribution in [3.63, 3.8) is 0 Å². The van der Waals surface area contributed by atoms with Crippen molar-refractivity contribution in [3.05, 3.63) is 29.3 Å². The second-order valence-electron chi connectivity index (χ2n) is 5.20. The zero-order valence-corrected chi connectivity index (χ0v) is 12.6. The van der Waals surface area contributed by atoms with Crippen molar-refractivity contribution in [1.29, 1.82) is 0 Å². The summed E-state index contributed by atoms with van der Waals surface area (Å²) in [6.45, 7) is 9.18. The van der Waals surface area contributed by atoms with Crippen LogP contribution in [0.4, 0.5) is 5.69 Å². The highest BCUT2D eigenvalue weighted by atomic mass is 16.5. The maximum Gasteiger partial charge on any atom is 0.244 e. The van der Waals surface area contributed by atoms with Crippen LogP contribution >= 0.6 is 0 Å². The predicted octanol–water partition coefficient (Wildman–Crippen LogP) is 2.22. The number of nitrogens with zero attached hydrogens (tertiary/aromatic N) is 1. The molecule has 1 saturated heterocycles. The van der Waals surface area contributed by atoms with Gasteiger partial charge in [-0.2, -0.15) is 0 Å². The fraction of sp³-hybridized carbons (Fsp3) is 0.562. The Kier molecular flexibility index (Phi) is 5.15. The van der Waals surface area contributed by atoms with E-state index in [1.165, 1.54) is 11.1 Å². The van der Waals surface area contributed by atoms with Crippen molar-refractivity contribution in [3.8, 4) is 0 Å². The molecule has 0 radical (unpaired) electrons. The van der Waals surface area contributed by atoms with Crippen LogP contribution in [0.3, 0.4) is 0 Å². The highest BCUT2D eigenvalue weighted by Crippen LogP contribution is 2.17. The van der Waals surface area contributed by atoms with Gasteiger partial charge in [-0.25, -0.2) is 0 Å². The van der Waals surface area contributed by atoms with Gasteiger partial charge in [0.15, 0.2) is 0 Å². The summed E-state index contributed by atoms with van der Waals surface area (Å²) in [6, 6.07) is 5.91. The second kappa shape index (κ2) is 6.86. The van der Waals surface area contributed by atoms with Crippen LogP contribution in [0.2, 0.25) is 0 Å². The van der Waals surface area contributed by atoms with Crippen molar-refractivity contribution < 1.29 is 9.53 Å². The molecule has 0 aromatic heterocycles. The van der Waals surface area contributed by atoms with Gasteiger partial charge in [0.05, 0.1) is 13.2 Å². The van der Waals surface area contributed by atoms with Gasteiger partial charge in [0.2, 0.25) is 5.91 Å². The number of benzene rings is 1. The van der Waals surface area contributed by atoms with Crippen molar-refractivity contribution >= 4 is 11.6 Å². The van der Waals surface area contributed by atoms with E-state index in [0.717, 1.165) is 25.2 Å². The van der Waals surface area contributed by atoms with Crippen LogP contribution in [0.25, 0.3) is 0 Å². The summed E-state index contributed by atoms with van der Waals surface area (Å²) >= 11 is 0. The third-order valence-corrected chi connectivity index (χ3v) is 3.95. The summed E-state index contributed by atoms with van der Waals surface area (Å²) in [5, 5.41) is 3.02. The van der Waals surface area contributed by atoms with Crippen LogP contribution < -0.4 is 5.32 Å². The lowest BCUT2D eigenvalue weighted by atomic mass is 10.1. The summed E-state index contributed by atoms with van der Waals surface area (Å²) in [4.78, 5) is 14.5. The lowest BCUT2D eigenvalue weighted by Crippen LogP contribution is -2.51. The molecule has 1 aliphatic heterocycles. The Morgan fingerprint density at radius 1 is 1.45 bits per heavy atom. The summed E-state index contributed by atoms with van der Waals surface area (Å²) < 4.78 is 5.43. The number of hydrogen-bond donors (Lipinski definition) is 1. The van der Waals surface area contributed by atoms with Crippen LogP contribution in [0, 0.1) is 6.92 Å². The molecule has 0 aliphatic carbocycles. The molecule has 0 spiro atoms. The van der Waals surface area contributed by atoms with E-state index in [1.54, 1.807) is 0 Å². The Hall–Kier alpha value is -1.39. The minimum Gasteiger partial charge on any atom is -0.378 e. The van der Waals surface area contributed by atoms with Gasteiger partial charge in [-0.3, -0.25) is 9.69 Å². The van der Waals surface area contributed by atoms with E-state index in [2.05, 4.69) is 43.1 Å². The van der Waals surface area contributed by atoms with Gasteiger partial charge in [-0.15, -0.1) is 0 Å². The fourth-order valence-corrected chi connectivity index (χ4v) is 2.61. The number of carbonyl (C=O) groups is 1. The molecule has 4 nitrogen and oxygen atoms in total. The Balaban J connectivity index is 2.06. The topological polar surface area (TPSA) is 41.6 Å². The van der Waals surface area contributed by atoms with E-state index >= 15 is 0 Å². The molecule has 1 N–H and O–H groups in total. The maximum absolute atomic E-state index is 12.4. The van der Waals surface area contributed by atoms with Crippen LogP contribution in [0.5, 0.6) is 0 Å². The Morgan fingerprint density at radius 2 is 2.25 bits per heavy atom. The molecule has 1 aromatic rings. The van der Waals surface area contributed by atoms with Crippen molar-refractivity contribution in [1.82, 2.24) is 4.90 Å². The number of carbonyl (C=O) groups excluding carboxylic acids is 1. The summed E-state index contributed by atoms with van der Waals surface area (Å²) in [6.07, 6.45) is 0.975. The molecule has 0 bridgehead atoms. The average molecular weight is 276 g/mol. The predicted molar refractivity (Wildman–Crippen MR) is 81.0 cm³/mol. The maximum atomic E-state index is 12.4. The smallest absolute Gasteiger partial charge is 0.244 e. The Morgan fingerprint density at radius 3 is 2.95 bits per heavy atom. The minimum absolute atomic E-state index is 0.0254. The molecule has 1 aromatic carbocycles. The minimum atomic E-state index is -0.180. The molecule has 110 valence electrons. The third-order valence-electron chi connectivity index (χ3n) is 3.95. The van der Waals surface area contributed by atoms with Crippen LogP contribution in [0.15, 0.2) is 18.2 Å². The quantitative estimate of drug-likeness (QED) is 0.917. The first-order valence-electron chi connectivity index (χ1n) is 7.37. The normalized spacial score (nSPS) is 19.9. The van der Waals surface area contributed by atoms with E-state index < -0.39 is 0 Å². The number of hydrogen-bond acceptors (Lipinski definition) is 3. The zero-order chi connectivity index (χ0) is 14.5. The molecule has 1 atom stereocenters. The first-order valence-corrected chi connectivity index (χ1v) is 7.37. The van der Waals surface area contributed by atoms with Crippen LogP contribution in [-0.4, -0.2) is 43.2 Å². The van der Waals surface area contributed by atoms with Crippen molar-refractivity contribution in [2.75, 3.05) is 31.6 Å². The zero-order valence-electron chi connectivity index (χ0n) is 12.6. The molecule has 1 unspecified atom stereocenters. The summed E-state index contributed by atoms with van der Waals surface area (Å²) in [7, 11) is 0. The third kappa shape index (κ3) is 3.38. The largest absolute Gasteiger partial charge is 0.378 e. The first kappa shape index (κ1) is 15.0. The van der Waals surface area contributed by atoms with Gasteiger partial charge in [-0.05, 0) is 43.1 Å². The lowest BCUT2D eigenvalue weighted by molar-refractivity contribution is -0.127. The number of nitrogens with one attached hydrogen (secondary N) is 1. The van der Waals surface area contributed by atoms with Gasteiger partial charge >= 0.3 is 0 Å². The lowest BCUT2D eigenvalue weighted by Gasteiger charge is -2.33. The Bertz CT molecular complexity index is 474. The van der Waals surface area contributed by atoms with Gasteiger partial charge in [0, 0.05) is 12.2 Å². The molecule has 1 fully saturated rings. The average Bonchev–Trinajstić information content (AvgIpc) is 2.49. The van der Waals surface area contributed by atoms with Gasteiger partial charge < -0.3 is 10.1 Å². The van der Waals surface area contributed by atoms with Gasteiger partial charge in [-0.1, -0.05) is 19.9 Å². The van der Waals surface area contributed by atoms with Gasteiger partial charge in [0.1, 0.15) is 6.04 Å². The Labute approximate surface area is 121 Å². The van der Waals surface area contributed by atoms with Crippen LogP contribution in [-0.2, 0) is 16.0 Å². The molecule has 0 saturated carbocycles. The number of amides is 1. The SMILES string of the molecule is CCc1cc(NC(=O)C2COCCN2CC)ccc1C. The standard InChI is InChI=1S/C16H24N2O2/c1-4-13-10-14(7-6-12(13)3)17-16(19)15-11-20-9-8-18(15)5-2/h6-7,10,15H,4-5,8-9,11H2,1-3H3,(H,17,19). The monoisotopic (exact) mass is 276 g/mol. The van der Waals surface area contributed by atoms with E-state index in [0.29, 0.717) is 13.2 Å². The number of rotatable bonds is 4. The van der Waals surface area contributed by atoms with Crippen molar-refractivity contribution in [2.45, 2.75) is 33.2 Å². The van der Waals surface area contributed by atoms with E-state index in [4.69, 9.17) is 4.74 Å². The van der Waals surface area contributed by atoms with E-state index in [-0.39, 0.29) is 11.9 Å². The molecular weight excluding hydrogens is 252 g/mol. The second-order valence-corrected chi connectivity index (χ2v) is 5.20. The summed E-state index contributed by atoms with van der Waals surface area (Å²) in [5.74, 6) is 0.0254. The number of anilines is 1. The molecule has 1 heterocycles. The first-order chi connectivity index (χ1) is 9.65.